The van der Waals surface area contributed by atoms with Crippen LogP contribution >= 0.6 is 0 Å². The Balaban J connectivity index is 0.000000452. The van der Waals surface area contributed by atoms with Gasteiger partial charge in [-0.2, -0.15) is 10.1 Å². The second-order valence-corrected chi connectivity index (χ2v) is 12.2. The van der Waals surface area contributed by atoms with Crippen LogP contribution < -0.4 is 11.3 Å². The molecule has 7 rings (SSSR count). The number of benzene rings is 2. The molecular weight excluding hydrogens is 572 g/mol. The summed E-state index contributed by atoms with van der Waals surface area (Å²) >= 11 is 0. The largest absolute Gasteiger partial charge is 0.439 e. The highest BCUT2D eigenvalue weighted by atomic mass is 16.5. The molecule has 3 N–H and O–H groups in total. The molecule has 236 valence electrons. The van der Waals surface area contributed by atoms with E-state index in [4.69, 9.17) is 14.7 Å². The monoisotopic (exact) mass is 612 g/mol. The molecule has 2 saturated carbocycles. The third-order valence-electron chi connectivity index (χ3n) is 9.10. The SMILES string of the molecule is CCCc1c(Cc2ccc(-c3ccccc3-c3noc(=O)[nH]3)cc2)c(=O)n(C2CCCCC2)c2ncnn12.OCC1(O)CCC1. The molecule has 45 heavy (non-hydrogen) atoms. The minimum atomic E-state index is -0.681. The smallest absolute Gasteiger partial charge is 0.393 e. The number of nitrogens with one attached hydrogen (secondary N) is 1. The number of aliphatic hydroxyl groups excluding tert-OH is 1. The Morgan fingerprint density at radius 2 is 1.73 bits per heavy atom. The predicted molar refractivity (Wildman–Crippen MR) is 170 cm³/mol. The third kappa shape index (κ3) is 6.41. The van der Waals surface area contributed by atoms with Crippen LogP contribution in [0.15, 0.2) is 69.0 Å². The number of rotatable bonds is 8. The van der Waals surface area contributed by atoms with Gasteiger partial charge in [0.15, 0.2) is 5.82 Å². The van der Waals surface area contributed by atoms with E-state index in [1.165, 1.54) is 6.42 Å². The quantitative estimate of drug-likeness (QED) is 0.225. The number of aryl methyl sites for hydroxylation is 1. The summed E-state index contributed by atoms with van der Waals surface area (Å²) in [6.07, 6.45) is 11.9. The molecular formula is C34H40N6O5. The number of aliphatic hydroxyl groups is 2. The molecule has 0 bridgehead atoms. The van der Waals surface area contributed by atoms with E-state index in [0.717, 1.165) is 91.3 Å². The first-order valence-electron chi connectivity index (χ1n) is 15.9. The second-order valence-electron chi connectivity index (χ2n) is 12.2. The summed E-state index contributed by atoms with van der Waals surface area (Å²) in [4.78, 5) is 32.6. The first-order chi connectivity index (χ1) is 21.9. The summed E-state index contributed by atoms with van der Waals surface area (Å²) in [7, 11) is 0. The van der Waals surface area contributed by atoms with Crippen molar-refractivity contribution in [1.82, 2.24) is 29.3 Å². The summed E-state index contributed by atoms with van der Waals surface area (Å²) in [6.45, 7) is 2.06. The first kappa shape index (κ1) is 30.7. The number of aromatic nitrogens is 6. The van der Waals surface area contributed by atoms with Gasteiger partial charge in [0.25, 0.3) is 5.56 Å². The van der Waals surface area contributed by atoms with Crippen LogP contribution in [-0.4, -0.2) is 51.7 Å². The molecule has 0 unspecified atom stereocenters. The van der Waals surface area contributed by atoms with Gasteiger partial charge in [0.05, 0.1) is 17.9 Å². The van der Waals surface area contributed by atoms with Crippen LogP contribution in [0.5, 0.6) is 0 Å². The van der Waals surface area contributed by atoms with Crippen molar-refractivity contribution in [1.29, 1.82) is 0 Å². The maximum absolute atomic E-state index is 14.0. The van der Waals surface area contributed by atoms with Crippen LogP contribution in [0.4, 0.5) is 0 Å². The van der Waals surface area contributed by atoms with Gasteiger partial charge >= 0.3 is 5.76 Å². The van der Waals surface area contributed by atoms with E-state index in [1.54, 1.807) is 6.33 Å². The van der Waals surface area contributed by atoms with Crippen molar-refractivity contribution in [2.75, 3.05) is 6.61 Å². The van der Waals surface area contributed by atoms with Crippen molar-refractivity contribution >= 4 is 5.78 Å². The standard InChI is InChI=1S/C29H30N6O3.C5H10O2/c1-2-8-25-24(27(36)34(21-9-4-3-5-10-21)28-30-18-31-35(25)28)17-19-13-15-20(16-14-19)22-11-6-7-12-23(22)26-32-29(37)38-33-26;6-4-5(7)2-1-3-5/h6-7,11-16,18,21H,2-5,8-10,17H2,1H3,(H,32,33,37);6-7H,1-4H2. The van der Waals surface area contributed by atoms with Gasteiger partial charge in [0, 0.05) is 23.6 Å². The van der Waals surface area contributed by atoms with Crippen LogP contribution in [0.3, 0.4) is 0 Å². The molecule has 0 aliphatic heterocycles. The molecule has 0 spiro atoms. The molecule has 2 aromatic carbocycles. The van der Waals surface area contributed by atoms with E-state index in [9.17, 15) is 9.59 Å². The summed E-state index contributed by atoms with van der Waals surface area (Å²) in [5.41, 5.74) is 4.86. The van der Waals surface area contributed by atoms with E-state index in [-0.39, 0.29) is 18.2 Å². The summed E-state index contributed by atoms with van der Waals surface area (Å²) in [5.74, 6) is 0.464. The van der Waals surface area contributed by atoms with Crippen molar-refractivity contribution in [3.05, 3.63) is 92.6 Å². The lowest BCUT2D eigenvalue weighted by Crippen LogP contribution is -2.40. The Labute approximate surface area is 260 Å². The van der Waals surface area contributed by atoms with Gasteiger partial charge in [-0.1, -0.05) is 86.3 Å². The van der Waals surface area contributed by atoms with E-state index in [0.29, 0.717) is 18.0 Å². The van der Waals surface area contributed by atoms with Crippen molar-refractivity contribution in [3.63, 3.8) is 0 Å². The molecule has 5 aromatic rings. The molecule has 2 aliphatic rings. The van der Waals surface area contributed by atoms with Gasteiger partial charge in [-0.3, -0.25) is 18.9 Å². The predicted octanol–water partition coefficient (Wildman–Crippen LogP) is 4.84. The van der Waals surface area contributed by atoms with E-state index in [2.05, 4.69) is 39.3 Å². The Morgan fingerprint density at radius 1 is 1.00 bits per heavy atom. The average Bonchev–Trinajstić information content (AvgIpc) is 3.72. The summed E-state index contributed by atoms with van der Waals surface area (Å²) in [6, 6.07) is 16.1. The van der Waals surface area contributed by atoms with Crippen LogP contribution in [0.2, 0.25) is 0 Å². The zero-order valence-electron chi connectivity index (χ0n) is 25.6. The van der Waals surface area contributed by atoms with Gasteiger partial charge in [0.1, 0.15) is 6.33 Å². The molecule has 0 amide bonds. The van der Waals surface area contributed by atoms with Crippen LogP contribution in [0, 0.1) is 0 Å². The van der Waals surface area contributed by atoms with Crippen LogP contribution in [0.25, 0.3) is 28.3 Å². The molecule has 11 nitrogen and oxygen atoms in total. The maximum Gasteiger partial charge on any atom is 0.439 e. The molecule has 11 heteroatoms. The van der Waals surface area contributed by atoms with E-state index < -0.39 is 11.4 Å². The second kappa shape index (κ2) is 13.3. The number of aromatic amines is 1. The molecule has 2 fully saturated rings. The molecule has 3 heterocycles. The lowest BCUT2D eigenvalue weighted by Gasteiger charge is -2.34. The molecule has 0 radical (unpaired) electrons. The zero-order valence-corrected chi connectivity index (χ0v) is 25.6. The highest BCUT2D eigenvalue weighted by Gasteiger charge is 2.33. The minimum Gasteiger partial charge on any atom is -0.393 e. The molecule has 3 aromatic heterocycles. The fourth-order valence-corrected chi connectivity index (χ4v) is 6.45. The number of hydrogen-bond donors (Lipinski definition) is 3. The van der Waals surface area contributed by atoms with Gasteiger partial charge in [-0.05, 0) is 55.2 Å². The Morgan fingerprint density at radius 3 is 2.33 bits per heavy atom. The highest BCUT2D eigenvalue weighted by molar-refractivity contribution is 5.80. The van der Waals surface area contributed by atoms with Crippen molar-refractivity contribution in [2.24, 2.45) is 0 Å². The maximum atomic E-state index is 14.0. The lowest BCUT2D eigenvalue weighted by molar-refractivity contribution is -0.0738. The first-order valence-corrected chi connectivity index (χ1v) is 15.9. The number of H-pyrrole nitrogens is 1. The van der Waals surface area contributed by atoms with E-state index in [1.807, 2.05) is 45.5 Å². The molecule has 2 aliphatic carbocycles. The zero-order chi connectivity index (χ0) is 31.4. The van der Waals surface area contributed by atoms with Gasteiger partial charge in [0.2, 0.25) is 5.78 Å². The third-order valence-corrected chi connectivity index (χ3v) is 9.10. The number of fused-ring (bicyclic) bond motifs is 1. The van der Waals surface area contributed by atoms with Crippen LogP contribution in [0.1, 0.15) is 87.6 Å². The lowest BCUT2D eigenvalue weighted by atomic mass is 9.81. The molecule has 0 saturated heterocycles. The average molecular weight is 613 g/mol. The normalized spacial score (nSPS) is 16.2. The summed E-state index contributed by atoms with van der Waals surface area (Å²) in [5, 5.41) is 25.8. The van der Waals surface area contributed by atoms with Crippen molar-refractivity contribution in [3.8, 4) is 22.5 Å². The number of hydrogen-bond acceptors (Lipinski definition) is 8. The topological polar surface area (TPSA) is 152 Å². The van der Waals surface area contributed by atoms with Crippen molar-refractivity contribution < 1.29 is 14.7 Å². The number of nitrogens with zero attached hydrogens (tertiary/aromatic N) is 5. The van der Waals surface area contributed by atoms with Gasteiger partial charge in [-0.15, -0.1) is 0 Å². The Kier molecular flexibility index (Phi) is 9.09. The summed E-state index contributed by atoms with van der Waals surface area (Å²) < 4.78 is 8.51. The van der Waals surface area contributed by atoms with Crippen molar-refractivity contribution in [2.45, 2.75) is 89.2 Å². The van der Waals surface area contributed by atoms with E-state index >= 15 is 0 Å². The molecule has 0 atom stereocenters. The van der Waals surface area contributed by atoms with Gasteiger partial charge < -0.3 is 10.2 Å². The van der Waals surface area contributed by atoms with Gasteiger partial charge in [-0.25, -0.2) is 9.31 Å². The Hall–Kier alpha value is -4.35. The minimum absolute atomic E-state index is 0.0604. The van der Waals surface area contributed by atoms with Crippen LogP contribution in [-0.2, 0) is 12.8 Å². The Bertz CT molecular complexity index is 1850. The fourth-order valence-electron chi connectivity index (χ4n) is 6.45. The highest BCUT2D eigenvalue weighted by Crippen LogP contribution is 2.32. The fraction of sp³-hybridized carbons (Fsp3) is 0.441.